The Hall–Kier alpha value is -2.35. The highest BCUT2D eigenvalue weighted by molar-refractivity contribution is 7.12. The van der Waals surface area contributed by atoms with Gasteiger partial charge >= 0.3 is 6.18 Å². The summed E-state index contributed by atoms with van der Waals surface area (Å²) in [5.41, 5.74) is 0.453. The first-order valence-electron chi connectivity index (χ1n) is 7.61. The molecular formula is C17H17F3N2O2S. The van der Waals surface area contributed by atoms with Crippen molar-refractivity contribution in [2.45, 2.75) is 19.5 Å². The van der Waals surface area contributed by atoms with E-state index in [9.17, 15) is 22.8 Å². The molecule has 0 saturated carbocycles. The average Bonchev–Trinajstić information content (AvgIpc) is 3.07. The Kier molecular flexibility index (Phi) is 6.19. The van der Waals surface area contributed by atoms with Crippen molar-refractivity contribution in [1.82, 2.24) is 4.90 Å². The number of hydrogen-bond acceptors (Lipinski definition) is 3. The van der Waals surface area contributed by atoms with E-state index in [0.717, 1.165) is 4.90 Å². The van der Waals surface area contributed by atoms with Crippen molar-refractivity contribution in [3.8, 4) is 0 Å². The number of nitrogens with one attached hydrogen (secondary N) is 1. The lowest BCUT2D eigenvalue weighted by molar-refractivity contribution is -0.140. The largest absolute Gasteiger partial charge is 0.406 e. The van der Waals surface area contributed by atoms with Crippen molar-refractivity contribution in [2.75, 3.05) is 18.4 Å². The van der Waals surface area contributed by atoms with Crippen molar-refractivity contribution in [3.63, 3.8) is 0 Å². The molecule has 0 bridgehead atoms. The molecule has 8 heteroatoms. The van der Waals surface area contributed by atoms with Gasteiger partial charge in [-0.3, -0.25) is 9.59 Å². The summed E-state index contributed by atoms with van der Waals surface area (Å²) in [7, 11) is 0. The maximum Gasteiger partial charge on any atom is 0.406 e. The van der Waals surface area contributed by atoms with Gasteiger partial charge in [0.25, 0.3) is 11.8 Å². The number of rotatable bonds is 6. The van der Waals surface area contributed by atoms with Crippen LogP contribution in [0.2, 0.25) is 0 Å². The van der Waals surface area contributed by atoms with Crippen LogP contribution in [0.5, 0.6) is 0 Å². The van der Waals surface area contributed by atoms with Gasteiger partial charge in [-0.1, -0.05) is 19.1 Å². The molecule has 0 saturated heterocycles. The Balaban J connectivity index is 2.15. The Labute approximate surface area is 147 Å². The summed E-state index contributed by atoms with van der Waals surface area (Å²) in [6, 6.07) is 9.31. The second-order valence-electron chi connectivity index (χ2n) is 5.35. The molecule has 1 aromatic carbocycles. The predicted octanol–water partition coefficient (Wildman–Crippen LogP) is 4.41. The Bertz CT molecular complexity index is 730. The zero-order valence-corrected chi connectivity index (χ0v) is 14.3. The second kappa shape index (κ2) is 8.15. The Morgan fingerprint density at radius 1 is 1.20 bits per heavy atom. The molecule has 0 spiro atoms. The Morgan fingerprint density at radius 3 is 2.56 bits per heavy atom. The van der Waals surface area contributed by atoms with Gasteiger partial charge in [-0.15, -0.1) is 11.3 Å². The van der Waals surface area contributed by atoms with Crippen LogP contribution in [0, 0.1) is 0 Å². The first-order valence-corrected chi connectivity index (χ1v) is 8.49. The highest BCUT2D eigenvalue weighted by Gasteiger charge is 2.33. The minimum Gasteiger partial charge on any atom is -0.330 e. The molecule has 0 aliphatic heterocycles. The summed E-state index contributed by atoms with van der Waals surface area (Å²) >= 11 is 1.27. The number of benzene rings is 1. The third-order valence-corrected chi connectivity index (χ3v) is 4.13. The predicted molar refractivity (Wildman–Crippen MR) is 91.0 cm³/mol. The third-order valence-electron chi connectivity index (χ3n) is 3.26. The molecule has 0 fully saturated rings. The van der Waals surface area contributed by atoms with Gasteiger partial charge in [-0.05, 0) is 36.1 Å². The third kappa shape index (κ3) is 5.60. The van der Waals surface area contributed by atoms with Gasteiger partial charge in [0.2, 0.25) is 0 Å². The molecule has 0 radical (unpaired) electrons. The van der Waals surface area contributed by atoms with Crippen molar-refractivity contribution in [3.05, 3.63) is 52.2 Å². The minimum atomic E-state index is -4.46. The van der Waals surface area contributed by atoms with E-state index in [1.807, 2.05) is 0 Å². The fourth-order valence-electron chi connectivity index (χ4n) is 2.25. The molecule has 2 amide bonds. The van der Waals surface area contributed by atoms with E-state index in [4.69, 9.17) is 0 Å². The first-order chi connectivity index (χ1) is 11.8. The molecule has 0 aliphatic carbocycles. The number of alkyl halides is 3. The van der Waals surface area contributed by atoms with E-state index in [1.54, 1.807) is 30.5 Å². The van der Waals surface area contributed by atoms with Crippen molar-refractivity contribution < 1.29 is 22.8 Å². The maximum absolute atomic E-state index is 12.7. The molecule has 0 aliphatic rings. The van der Waals surface area contributed by atoms with Crippen LogP contribution in [0.1, 0.15) is 33.4 Å². The van der Waals surface area contributed by atoms with Crippen molar-refractivity contribution >= 4 is 28.8 Å². The van der Waals surface area contributed by atoms with Gasteiger partial charge in [-0.2, -0.15) is 13.2 Å². The molecule has 2 aromatic rings. The lowest BCUT2D eigenvalue weighted by Crippen LogP contribution is -2.39. The minimum absolute atomic E-state index is 0.00409. The van der Waals surface area contributed by atoms with Gasteiger partial charge in [0.05, 0.1) is 4.88 Å². The highest BCUT2D eigenvalue weighted by Crippen LogP contribution is 2.20. The molecule has 0 unspecified atom stereocenters. The second-order valence-corrected chi connectivity index (χ2v) is 6.30. The number of halogens is 3. The normalized spacial score (nSPS) is 11.2. The van der Waals surface area contributed by atoms with E-state index >= 15 is 0 Å². The van der Waals surface area contributed by atoms with E-state index in [-0.39, 0.29) is 18.0 Å². The summed E-state index contributed by atoms with van der Waals surface area (Å²) in [6.07, 6.45) is -4.05. The maximum atomic E-state index is 12.7. The van der Waals surface area contributed by atoms with Crippen LogP contribution in [0.15, 0.2) is 41.8 Å². The first kappa shape index (κ1) is 19.0. The van der Waals surface area contributed by atoms with E-state index in [2.05, 4.69) is 5.32 Å². The summed E-state index contributed by atoms with van der Waals surface area (Å²) < 4.78 is 38.0. The van der Waals surface area contributed by atoms with Gasteiger partial charge in [0, 0.05) is 17.8 Å². The monoisotopic (exact) mass is 370 g/mol. The van der Waals surface area contributed by atoms with E-state index in [1.165, 1.54) is 29.5 Å². The summed E-state index contributed by atoms with van der Waals surface area (Å²) in [6.45, 7) is 0.407. The molecule has 2 rings (SSSR count). The number of anilines is 1. The Morgan fingerprint density at radius 2 is 1.96 bits per heavy atom. The number of amides is 2. The number of carbonyl (C=O) groups is 2. The number of thiophene rings is 1. The smallest absolute Gasteiger partial charge is 0.330 e. The summed E-state index contributed by atoms with van der Waals surface area (Å²) in [5, 5.41) is 4.40. The van der Waals surface area contributed by atoms with Gasteiger partial charge in [-0.25, -0.2) is 0 Å². The lowest BCUT2D eigenvalue weighted by atomic mass is 10.1. The molecular weight excluding hydrogens is 353 g/mol. The molecule has 25 heavy (non-hydrogen) atoms. The standard InChI is InChI=1S/C17H17F3N2O2S/c1-2-8-22(11-17(18,19)20)16(24)12-5-3-6-13(10-12)21-15(23)14-7-4-9-25-14/h3-7,9-10H,2,8,11H2,1H3,(H,21,23). The molecule has 1 aromatic heterocycles. The quantitative estimate of drug-likeness (QED) is 0.819. The van der Waals surface area contributed by atoms with Crippen LogP contribution in [0.4, 0.5) is 18.9 Å². The van der Waals surface area contributed by atoms with Gasteiger partial charge in [0.1, 0.15) is 6.54 Å². The fourth-order valence-corrected chi connectivity index (χ4v) is 2.87. The van der Waals surface area contributed by atoms with Gasteiger partial charge < -0.3 is 10.2 Å². The zero-order valence-electron chi connectivity index (χ0n) is 13.5. The van der Waals surface area contributed by atoms with Crippen LogP contribution in [-0.2, 0) is 0 Å². The molecule has 0 atom stereocenters. The molecule has 4 nitrogen and oxygen atoms in total. The van der Waals surface area contributed by atoms with Crippen LogP contribution in [-0.4, -0.2) is 36.0 Å². The number of carbonyl (C=O) groups excluding carboxylic acids is 2. The van der Waals surface area contributed by atoms with Crippen LogP contribution in [0.25, 0.3) is 0 Å². The number of nitrogens with zero attached hydrogens (tertiary/aromatic N) is 1. The van der Waals surface area contributed by atoms with E-state index in [0.29, 0.717) is 17.0 Å². The average molecular weight is 370 g/mol. The number of hydrogen-bond donors (Lipinski definition) is 1. The SMILES string of the molecule is CCCN(CC(F)(F)F)C(=O)c1cccc(NC(=O)c2cccs2)c1. The summed E-state index contributed by atoms with van der Waals surface area (Å²) in [5.74, 6) is -1.05. The van der Waals surface area contributed by atoms with Crippen LogP contribution >= 0.6 is 11.3 Å². The van der Waals surface area contributed by atoms with Crippen molar-refractivity contribution in [2.24, 2.45) is 0 Å². The van der Waals surface area contributed by atoms with Crippen LogP contribution in [0.3, 0.4) is 0 Å². The highest BCUT2D eigenvalue weighted by atomic mass is 32.1. The molecule has 1 N–H and O–H groups in total. The van der Waals surface area contributed by atoms with Crippen molar-refractivity contribution in [1.29, 1.82) is 0 Å². The molecule has 1 heterocycles. The topological polar surface area (TPSA) is 49.4 Å². The molecule has 134 valence electrons. The van der Waals surface area contributed by atoms with Crippen LogP contribution < -0.4 is 5.32 Å². The van der Waals surface area contributed by atoms with E-state index < -0.39 is 18.6 Å². The lowest BCUT2D eigenvalue weighted by Gasteiger charge is -2.23. The zero-order chi connectivity index (χ0) is 18.4. The van der Waals surface area contributed by atoms with Gasteiger partial charge in [0.15, 0.2) is 0 Å². The summed E-state index contributed by atoms with van der Waals surface area (Å²) in [4.78, 5) is 25.7. The fraction of sp³-hybridized carbons (Fsp3) is 0.294.